The quantitative estimate of drug-likeness (QED) is 0.368. The SMILES string of the molecule is O=[N+]([O-])c1c(Nc2ccc(I)cc2)ncnc1Oc1cccnc1. The Morgan fingerprint density at radius 3 is 2.62 bits per heavy atom. The monoisotopic (exact) mass is 435 g/mol. The molecule has 0 aliphatic rings. The number of nitro groups is 1. The molecule has 0 radical (unpaired) electrons. The molecule has 1 aromatic carbocycles. The van der Waals surface area contributed by atoms with E-state index in [9.17, 15) is 10.1 Å². The van der Waals surface area contributed by atoms with Gasteiger partial charge < -0.3 is 10.1 Å². The highest BCUT2D eigenvalue weighted by molar-refractivity contribution is 14.1. The van der Waals surface area contributed by atoms with Gasteiger partial charge in [-0.25, -0.2) is 4.98 Å². The maximum atomic E-state index is 11.5. The number of pyridine rings is 1. The second kappa shape index (κ2) is 7.17. The zero-order valence-corrected chi connectivity index (χ0v) is 14.2. The Balaban J connectivity index is 1.96. The zero-order valence-electron chi connectivity index (χ0n) is 12.1. The van der Waals surface area contributed by atoms with Crippen LogP contribution in [0.15, 0.2) is 55.1 Å². The number of halogens is 1. The van der Waals surface area contributed by atoms with Gasteiger partial charge in [0.15, 0.2) is 0 Å². The van der Waals surface area contributed by atoms with Crippen LogP contribution in [0, 0.1) is 13.7 Å². The normalized spacial score (nSPS) is 10.2. The minimum absolute atomic E-state index is 0.0510. The zero-order chi connectivity index (χ0) is 16.9. The van der Waals surface area contributed by atoms with Crippen LogP contribution < -0.4 is 10.1 Å². The van der Waals surface area contributed by atoms with Crippen molar-refractivity contribution in [2.75, 3.05) is 5.32 Å². The molecule has 0 atom stereocenters. The van der Waals surface area contributed by atoms with E-state index < -0.39 is 4.92 Å². The van der Waals surface area contributed by atoms with Crippen LogP contribution in [0.5, 0.6) is 11.6 Å². The molecule has 0 fully saturated rings. The van der Waals surface area contributed by atoms with Crippen LogP contribution in [-0.2, 0) is 0 Å². The molecule has 0 aliphatic carbocycles. The van der Waals surface area contributed by atoms with Gasteiger partial charge in [0.05, 0.1) is 11.1 Å². The summed E-state index contributed by atoms with van der Waals surface area (Å²) in [5.74, 6) is 0.241. The molecule has 0 saturated carbocycles. The minimum atomic E-state index is -0.583. The molecule has 1 N–H and O–H groups in total. The molecule has 0 spiro atoms. The average Bonchev–Trinajstić information content (AvgIpc) is 2.58. The highest BCUT2D eigenvalue weighted by atomic mass is 127. The number of rotatable bonds is 5. The molecule has 9 heteroatoms. The lowest BCUT2D eigenvalue weighted by molar-refractivity contribution is -0.385. The van der Waals surface area contributed by atoms with Crippen molar-refractivity contribution < 1.29 is 9.66 Å². The van der Waals surface area contributed by atoms with Gasteiger partial charge in [0.2, 0.25) is 5.82 Å². The fraction of sp³-hybridized carbons (Fsp3) is 0. The summed E-state index contributed by atoms with van der Waals surface area (Å²) < 4.78 is 6.52. The molecule has 0 bridgehead atoms. The van der Waals surface area contributed by atoms with Gasteiger partial charge in [-0.15, -0.1) is 0 Å². The fourth-order valence-electron chi connectivity index (χ4n) is 1.88. The van der Waals surface area contributed by atoms with Gasteiger partial charge in [0, 0.05) is 15.5 Å². The molecule has 0 unspecified atom stereocenters. The molecule has 0 amide bonds. The summed E-state index contributed by atoms with van der Waals surface area (Å²) in [5, 5.41) is 14.4. The smallest absolute Gasteiger partial charge is 0.373 e. The summed E-state index contributed by atoms with van der Waals surface area (Å²) >= 11 is 2.18. The molecular weight excluding hydrogens is 425 g/mol. The molecule has 120 valence electrons. The van der Waals surface area contributed by atoms with Crippen molar-refractivity contribution in [1.29, 1.82) is 0 Å². The molecule has 2 heterocycles. The Morgan fingerprint density at radius 2 is 1.96 bits per heavy atom. The molecular formula is C15H10IN5O3. The Hall–Kier alpha value is -2.82. The van der Waals surface area contributed by atoms with Crippen molar-refractivity contribution in [3.63, 3.8) is 0 Å². The summed E-state index contributed by atoms with van der Waals surface area (Å²) in [6.07, 6.45) is 4.22. The number of benzene rings is 1. The van der Waals surface area contributed by atoms with Crippen LogP contribution in [0.4, 0.5) is 17.2 Å². The van der Waals surface area contributed by atoms with Crippen molar-refractivity contribution in [3.8, 4) is 11.6 Å². The summed E-state index contributed by atoms with van der Waals surface area (Å²) in [6.45, 7) is 0. The van der Waals surface area contributed by atoms with Crippen molar-refractivity contribution in [2.24, 2.45) is 0 Å². The van der Waals surface area contributed by atoms with Gasteiger partial charge in [-0.3, -0.25) is 15.1 Å². The molecule has 3 rings (SSSR count). The van der Waals surface area contributed by atoms with Gasteiger partial charge in [-0.2, -0.15) is 4.98 Å². The van der Waals surface area contributed by atoms with Crippen molar-refractivity contribution in [2.45, 2.75) is 0 Å². The Morgan fingerprint density at radius 1 is 1.17 bits per heavy atom. The van der Waals surface area contributed by atoms with Crippen LogP contribution in [0.2, 0.25) is 0 Å². The topological polar surface area (TPSA) is 103 Å². The fourth-order valence-corrected chi connectivity index (χ4v) is 2.24. The molecule has 0 aliphatic heterocycles. The van der Waals surface area contributed by atoms with Gasteiger partial charge in [-0.05, 0) is 59.0 Å². The minimum Gasteiger partial charge on any atom is -0.432 e. The number of nitrogens with one attached hydrogen (secondary N) is 1. The second-order valence-corrected chi connectivity index (χ2v) is 5.80. The van der Waals surface area contributed by atoms with E-state index in [1.165, 1.54) is 12.5 Å². The standard InChI is InChI=1S/C15H10IN5O3/c16-10-3-5-11(6-4-10)20-14-13(21(22)23)15(19-9-18-14)24-12-2-1-7-17-8-12/h1-9H,(H,18,19,20). The summed E-state index contributed by atoms with van der Waals surface area (Å²) in [7, 11) is 0. The first-order chi connectivity index (χ1) is 11.6. The Kier molecular flexibility index (Phi) is 4.79. The third kappa shape index (κ3) is 3.74. The number of nitrogens with zero attached hydrogens (tertiary/aromatic N) is 4. The number of ether oxygens (including phenoxy) is 1. The number of hydrogen-bond acceptors (Lipinski definition) is 7. The van der Waals surface area contributed by atoms with Crippen molar-refractivity contribution >= 4 is 39.8 Å². The molecule has 2 aromatic heterocycles. The average molecular weight is 435 g/mol. The van der Waals surface area contributed by atoms with Crippen molar-refractivity contribution in [1.82, 2.24) is 15.0 Å². The highest BCUT2D eigenvalue weighted by Crippen LogP contribution is 2.35. The van der Waals surface area contributed by atoms with Crippen LogP contribution >= 0.6 is 22.6 Å². The van der Waals surface area contributed by atoms with Gasteiger partial charge in [0.1, 0.15) is 12.1 Å². The maximum absolute atomic E-state index is 11.5. The summed E-state index contributed by atoms with van der Waals surface area (Å²) in [4.78, 5) is 22.6. The lowest BCUT2D eigenvalue weighted by atomic mass is 10.3. The predicted octanol–water partition coefficient (Wildman–Crippen LogP) is 3.92. The van der Waals surface area contributed by atoms with Crippen molar-refractivity contribution in [3.05, 3.63) is 68.8 Å². The number of aromatic nitrogens is 3. The highest BCUT2D eigenvalue weighted by Gasteiger charge is 2.25. The Labute approximate surface area is 150 Å². The molecule has 24 heavy (non-hydrogen) atoms. The van der Waals surface area contributed by atoms with E-state index in [0.717, 1.165) is 3.57 Å². The van der Waals surface area contributed by atoms with E-state index in [4.69, 9.17) is 4.74 Å². The van der Waals surface area contributed by atoms with Crippen LogP contribution in [0.3, 0.4) is 0 Å². The first-order valence-corrected chi connectivity index (χ1v) is 7.81. The molecule has 3 aromatic rings. The van der Waals surface area contributed by atoms with Gasteiger partial charge >= 0.3 is 11.6 Å². The van der Waals surface area contributed by atoms with Gasteiger partial charge in [-0.1, -0.05) is 0 Å². The first-order valence-electron chi connectivity index (χ1n) is 6.73. The van der Waals surface area contributed by atoms with E-state index in [0.29, 0.717) is 11.4 Å². The van der Waals surface area contributed by atoms with Crippen LogP contribution in [0.25, 0.3) is 0 Å². The molecule has 0 saturated heterocycles. The Bertz CT molecular complexity index is 859. The van der Waals surface area contributed by atoms with Crippen LogP contribution in [-0.4, -0.2) is 19.9 Å². The van der Waals surface area contributed by atoms with E-state index >= 15 is 0 Å². The third-order valence-electron chi connectivity index (χ3n) is 2.93. The van der Waals surface area contributed by atoms with E-state index in [1.54, 1.807) is 30.5 Å². The lowest BCUT2D eigenvalue weighted by Crippen LogP contribution is -2.03. The van der Waals surface area contributed by atoms with Gasteiger partial charge in [0.25, 0.3) is 0 Å². The maximum Gasteiger partial charge on any atom is 0.373 e. The first kappa shape index (κ1) is 16.1. The third-order valence-corrected chi connectivity index (χ3v) is 3.65. The lowest BCUT2D eigenvalue weighted by Gasteiger charge is -2.09. The second-order valence-electron chi connectivity index (χ2n) is 4.56. The number of anilines is 2. The summed E-state index contributed by atoms with van der Waals surface area (Å²) in [5.41, 5.74) is 0.324. The van der Waals surface area contributed by atoms with E-state index in [1.807, 2.05) is 12.1 Å². The number of hydrogen-bond donors (Lipinski definition) is 1. The van der Waals surface area contributed by atoms with E-state index in [2.05, 4.69) is 42.9 Å². The van der Waals surface area contributed by atoms with E-state index in [-0.39, 0.29) is 17.4 Å². The van der Waals surface area contributed by atoms with Crippen LogP contribution in [0.1, 0.15) is 0 Å². The largest absolute Gasteiger partial charge is 0.432 e. The summed E-state index contributed by atoms with van der Waals surface area (Å²) in [6, 6.07) is 10.6. The molecule has 8 nitrogen and oxygen atoms in total. The predicted molar refractivity (Wildman–Crippen MR) is 95.4 cm³/mol.